The van der Waals surface area contributed by atoms with E-state index in [1.807, 2.05) is 0 Å². The molecule has 0 aliphatic heterocycles. The van der Waals surface area contributed by atoms with Crippen molar-refractivity contribution in [2.24, 2.45) is 0 Å². The Hall–Kier alpha value is -3.01. The molecule has 0 aliphatic carbocycles. The lowest BCUT2D eigenvalue weighted by molar-refractivity contribution is -0.384. The molecular formula is C16H13ClF3N3O4. The maximum absolute atomic E-state index is 12.7. The highest BCUT2D eigenvalue weighted by Gasteiger charge is 2.33. The van der Waals surface area contributed by atoms with Crippen LogP contribution in [0.4, 0.5) is 24.5 Å². The van der Waals surface area contributed by atoms with Crippen LogP contribution in [0.3, 0.4) is 0 Å². The first-order valence-corrected chi connectivity index (χ1v) is 7.79. The Morgan fingerprint density at radius 3 is 2.56 bits per heavy atom. The number of anilines is 1. The number of carbonyl (C=O) groups excluding carboxylic acids is 1. The van der Waals surface area contributed by atoms with Gasteiger partial charge in [0.25, 0.3) is 11.6 Å². The van der Waals surface area contributed by atoms with Crippen molar-refractivity contribution in [1.82, 2.24) is 5.43 Å². The third-order valence-electron chi connectivity index (χ3n) is 3.32. The van der Waals surface area contributed by atoms with E-state index in [1.165, 1.54) is 13.0 Å². The highest BCUT2D eigenvalue weighted by atomic mass is 35.5. The number of amides is 1. The lowest BCUT2D eigenvalue weighted by Crippen LogP contribution is -2.39. The molecule has 7 nitrogen and oxygen atoms in total. The SMILES string of the molecule is CC(Oc1cccc(Cl)c1)C(=O)NNc1ccc(C(F)(F)F)cc1[N+](=O)[O-]. The number of hydrogen-bond acceptors (Lipinski definition) is 5. The molecule has 11 heteroatoms. The van der Waals surface area contributed by atoms with Gasteiger partial charge in [0.15, 0.2) is 6.10 Å². The van der Waals surface area contributed by atoms with Crippen LogP contribution in [-0.2, 0) is 11.0 Å². The predicted octanol–water partition coefficient (Wildman–Crippen LogP) is 4.18. The second kappa shape index (κ2) is 8.12. The van der Waals surface area contributed by atoms with Crippen molar-refractivity contribution in [2.45, 2.75) is 19.2 Å². The Bertz CT molecular complexity index is 861. The minimum atomic E-state index is -4.73. The van der Waals surface area contributed by atoms with Crippen LogP contribution in [0.15, 0.2) is 42.5 Å². The van der Waals surface area contributed by atoms with Crippen LogP contribution in [0.1, 0.15) is 12.5 Å². The van der Waals surface area contributed by atoms with Crippen molar-refractivity contribution < 1.29 is 27.6 Å². The summed E-state index contributed by atoms with van der Waals surface area (Å²) in [5.41, 5.74) is 2.07. The second-order valence-corrected chi connectivity index (χ2v) is 5.75. The number of nitrogens with zero attached hydrogens (tertiary/aromatic N) is 1. The average Bonchev–Trinajstić information content (AvgIpc) is 2.58. The number of alkyl halides is 3. The topological polar surface area (TPSA) is 93.5 Å². The van der Waals surface area contributed by atoms with Crippen molar-refractivity contribution >= 4 is 28.9 Å². The fourth-order valence-electron chi connectivity index (χ4n) is 1.99. The van der Waals surface area contributed by atoms with Crippen molar-refractivity contribution in [3.8, 4) is 5.75 Å². The summed E-state index contributed by atoms with van der Waals surface area (Å²) in [5.74, 6) is -0.380. The van der Waals surface area contributed by atoms with Crippen LogP contribution in [0, 0.1) is 10.1 Å². The normalized spacial score (nSPS) is 12.2. The Morgan fingerprint density at radius 2 is 1.96 bits per heavy atom. The summed E-state index contributed by atoms with van der Waals surface area (Å²) >= 11 is 5.80. The summed E-state index contributed by atoms with van der Waals surface area (Å²) in [5, 5.41) is 11.4. The van der Waals surface area contributed by atoms with Gasteiger partial charge in [0.2, 0.25) is 0 Å². The Labute approximate surface area is 156 Å². The number of hydrogen-bond donors (Lipinski definition) is 2. The largest absolute Gasteiger partial charge is 0.481 e. The fraction of sp³-hybridized carbons (Fsp3) is 0.188. The van der Waals surface area contributed by atoms with E-state index in [0.29, 0.717) is 22.9 Å². The zero-order valence-electron chi connectivity index (χ0n) is 13.7. The van der Waals surface area contributed by atoms with Crippen LogP contribution < -0.4 is 15.6 Å². The monoisotopic (exact) mass is 403 g/mol. The van der Waals surface area contributed by atoms with E-state index in [2.05, 4.69) is 10.9 Å². The maximum Gasteiger partial charge on any atom is 0.416 e. The van der Waals surface area contributed by atoms with Gasteiger partial charge >= 0.3 is 6.18 Å². The number of benzene rings is 2. The number of ether oxygens (including phenoxy) is 1. The minimum Gasteiger partial charge on any atom is -0.481 e. The smallest absolute Gasteiger partial charge is 0.416 e. The summed E-state index contributed by atoms with van der Waals surface area (Å²) in [6.45, 7) is 1.42. The molecule has 0 radical (unpaired) electrons. The van der Waals surface area contributed by atoms with E-state index in [-0.39, 0.29) is 5.69 Å². The number of nitro groups is 1. The number of nitro benzene ring substituents is 1. The molecule has 1 amide bonds. The van der Waals surface area contributed by atoms with Gasteiger partial charge in [-0.2, -0.15) is 13.2 Å². The molecule has 0 heterocycles. The van der Waals surface area contributed by atoms with Crippen LogP contribution in [0.25, 0.3) is 0 Å². The standard InChI is InChI=1S/C16H13ClF3N3O4/c1-9(27-12-4-2-3-11(17)8-12)15(24)22-21-13-6-5-10(16(18,19)20)7-14(13)23(25)26/h2-9,21H,1H3,(H,22,24). The van der Waals surface area contributed by atoms with Gasteiger partial charge in [-0.3, -0.25) is 25.8 Å². The zero-order chi connectivity index (χ0) is 20.2. The molecule has 1 unspecified atom stereocenters. The molecule has 1 atom stereocenters. The molecule has 2 aromatic carbocycles. The maximum atomic E-state index is 12.7. The second-order valence-electron chi connectivity index (χ2n) is 5.32. The molecule has 0 saturated heterocycles. The highest BCUT2D eigenvalue weighted by molar-refractivity contribution is 6.30. The van der Waals surface area contributed by atoms with Gasteiger partial charge < -0.3 is 4.74 Å². The molecule has 0 aromatic heterocycles. The number of rotatable bonds is 6. The van der Waals surface area contributed by atoms with Gasteiger partial charge in [0.1, 0.15) is 11.4 Å². The average molecular weight is 404 g/mol. The molecular weight excluding hydrogens is 391 g/mol. The van der Waals surface area contributed by atoms with Crippen molar-refractivity contribution in [2.75, 3.05) is 5.43 Å². The van der Waals surface area contributed by atoms with E-state index < -0.39 is 34.4 Å². The number of nitrogens with one attached hydrogen (secondary N) is 2. The first kappa shape index (κ1) is 20.3. The van der Waals surface area contributed by atoms with E-state index in [9.17, 15) is 28.1 Å². The lowest BCUT2D eigenvalue weighted by atomic mass is 10.1. The Kier molecular flexibility index (Phi) is 6.11. The van der Waals surface area contributed by atoms with Gasteiger partial charge in [0.05, 0.1) is 10.5 Å². The summed E-state index contributed by atoms with van der Waals surface area (Å²) in [4.78, 5) is 22.0. The molecule has 144 valence electrons. The van der Waals surface area contributed by atoms with E-state index in [0.717, 1.165) is 6.07 Å². The molecule has 0 saturated carbocycles. The molecule has 2 rings (SSSR count). The molecule has 0 aliphatic rings. The summed E-state index contributed by atoms with van der Waals surface area (Å²) in [6.07, 6.45) is -5.74. The van der Waals surface area contributed by atoms with Crippen LogP contribution in [-0.4, -0.2) is 16.9 Å². The number of halogens is 4. The minimum absolute atomic E-state index is 0.309. The van der Waals surface area contributed by atoms with Gasteiger partial charge in [-0.25, -0.2) is 0 Å². The van der Waals surface area contributed by atoms with Gasteiger partial charge in [-0.15, -0.1) is 0 Å². The molecule has 0 bridgehead atoms. The number of hydrazine groups is 1. The zero-order valence-corrected chi connectivity index (χ0v) is 14.5. The third-order valence-corrected chi connectivity index (χ3v) is 3.56. The first-order valence-electron chi connectivity index (χ1n) is 7.41. The van der Waals surface area contributed by atoms with E-state index in [4.69, 9.17) is 16.3 Å². The predicted molar refractivity (Wildman–Crippen MR) is 91.4 cm³/mol. The van der Waals surface area contributed by atoms with Crippen molar-refractivity contribution in [3.05, 3.63) is 63.2 Å². The number of carbonyl (C=O) groups is 1. The van der Waals surface area contributed by atoms with Crippen LogP contribution in [0.2, 0.25) is 5.02 Å². The Balaban J connectivity index is 2.06. The molecule has 0 fully saturated rings. The van der Waals surface area contributed by atoms with Gasteiger partial charge in [-0.1, -0.05) is 17.7 Å². The molecule has 27 heavy (non-hydrogen) atoms. The lowest BCUT2D eigenvalue weighted by Gasteiger charge is -2.16. The highest BCUT2D eigenvalue weighted by Crippen LogP contribution is 2.34. The first-order chi connectivity index (χ1) is 12.6. The van der Waals surface area contributed by atoms with Crippen molar-refractivity contribution in [3.63, 3.8) is 0 Å². The molecule has 2 aromatic rings. The Morgan fingerprint density at radius 1 is 1.26 bits per heavy atom. The quantitative estimate of drug-likeness (QED) is 0.557. The summed E-state index contributed by atoms with van der Waals surface area (Å²) < 4.78 is 43.4. The van der Waals surface area contributed by atoms with Crippen molar-refractivity contribution in [1.29, 1.82) is 0 Å². The molecule has 2 N–H and O–H groups in total. The third kappa shape index (κ3) is 5.48. The summed E-state index contributed by atoms with van der Waals surface area (Å²) in [6, 6.07) is 8.18. The van der Waals surface area contributed by atoms with Crippen LogP contribution in [0.5, 0.6) is 5.75 Å². The van der Waals surface area contributed by atoms with Crippen LogP contribution >= 0.6 is 11.6 Å². The van der Waals surface area contributed by atoms with E-state index >= 15 is 0 Å². The fourth-order valence-corrected chi connectivity index (χ4v) is 2.17. The van der Waals surface area contributed by atoms with E-state index in [1.54, 1.807) is 18.2 Å². The van der Waals surface area contributed by atoms with Gasteiger partial charge in [-0.05, 0) is 37.3 Å². The van der Waals surface area contributed by atoms with Gasteiger partial charge in [0, 0.05) is 11.1 Å². The molecule has 0 spiro atoms. The summed E-state index contributed by atoms with van der Waals surface area (Å²) in [7, 11) is 0.